The molecule has 114 valence electrons. The van der Waals surface area contributed by atoms with Crippen molar-refractivity contribution < 1.29 is 18.4 Å². The van der Waals surface area contributed by atoms with Gasteiger partial charge >= 0.3 is 5.97 Å². The molecule has 2 aromatic rings. The lowest BCUT2D eigenvalue weighted by atomic mass is 10.2. The SMILES string of the molecule is CC(OC(=O)c1cc2ccccc2o1)c1cc2cccoc-2c1. The first kappa shape index (κ1) is 13.6. The second-order valence-corrected chi connectivity index (χ2v) is 5.42. The Morgan fingerprint density at radius 3 is 2.78 bits per heavy atom. The highest BCUT2D eigenvalue weighted by Gasteiger charge is 2.20. The van der Waals surface area contributed by atoms with Crippen LogP contribution in [0.25, 0.3) is 22.3 Å². The highest BCUT2D eigenvalue weighted by Crippen LogP contribution is 2.31. The molecule has 0 saturated heterocycles. The molecule has 1 aliphatic heterocycles. The van der Waals surface area contributed by atoms with Gasteiger partial charge in [-0.25, -0.2) is 4.79 Å². The minimum absolute atomic E-state index is 0.207. The summed E-state index contributed by atoms with van der Waals surface area (Å²) in [5.41, 5.74) is 2.54. The molecule has 1 aliphatic carbocycles. The third-order valence-corrected chi connectivity index (χ3v) is 3.83. The van der Waals surface area contributed by atoms with Crippen LogP contribution in [0.1, 0.15) is 29.1 Å². The Morgan fingerprint density at radius 1 is 1.09 bits per heavy atom. The van der Waals surface area contributed by atoms with Gasteiger partial charge in [0.05, 0.1) is 6.26 Å². The summed E-state index contributed by atoms with van der Waals surface area (Å²) in [5.74, 6) is 0.504. The lowest BCUT2D eigenvalue weighted by Crippen LogP contribution is -2.07. The van der Waals surface area contributed by atoms with E-state index >= 15 is 0 Å². The van der Waals surface area contributed by atoms with E-state index in [2.05, 4.69) is 0 Å². The van der Waals surface area contributed by atoms with Gasteiger partial charge in [0.15, 0.2) is 0 Å². The second-order valence-electron chi connectivity index (χ2n) is 5.42. The maximum absolute atomic E-state index is 12.3. The van der Waals surface area contributed by atoms with Crippen LogP contribution in [0.3, 0.4) is 0 Å². The molecule has 1 aromatic heterocycles. The standard InChI is InChI=1S/C19H14O4/c1-12(15-9-13-6-4-8-21-17(13)11-15)22-19(20)18-10-14-5-2-3-7-16(14)23-18/h2-12H,1H3. The van der Waals surface area contributed by atoms with Crippen molar-refractivity contribution in [2.75, 3.05) is 0 Å². The molecule has 2 heterocycles. The van der Waals surface area contributed by atoms with E-state index in [0.717, 1.165) is 22.3 Å². The lowest BCUT2D eigenvalue weighted by Gasteiger charge is -2.10. The van der Waals surface area contributed by atoms with Crippen LogP contribution < -0.4 is 0 Å². The van der Waals surface area contributed by atoms with Crippen LogP contribution in [0, 0.1) is 0 Å². The third kappa shape index (κ3) is 2.48. The molecule has 0 radical (unpaired) electrons. The summed E-state index contributed by atoms with van der Waals surface area (Å²) in [4.78, 5) is 12.3. The molecule has 0 spiro atoms. The van der Waals surface area contributed by atoms with E-state index in [1.54, 1.807) is 12.3 Å². The van der Waals surface area contributed by atoms with Gasteiger partial charge in [0.1, 0.15) is 17.4 Å². The fourth-order valence-corrected chi connectivity index (χ4v) is 2.62. The van der Waals surface area contributed by atoms with Gasteiger partial charge in [-0.05, 0) is 48.9 Å². The molecule has 2 aliphatic rings. The zero-order valence-corrected chi connectivity index (χ0v) is 12.5. The maximum Gasteiger partial charge on any atom is 0.374 e. The van der Waals surface area contributed by atoms with Gasteiger partial charge in [0.2, 0.25) is 5.76 Å². The highest BCUT2D eigenvalue weighted by molar-refractivity contribution is 5.92. The molecular weight excluding hydrogens is 292 g/mol. The molecule has 0 saturated carbocycles. The van der Waals surface area contributed by atoms with E-state index in [1.807, 2.05) is 55.5 Å². The van der Waals surface area contributed by atoms with Crippen molar-refractivity contribution in [3.05, 3.63) is 72.2 Å². The third-order valence-electron chi connectivity index (χ3n) is 3.83. The number of carbonyl (C=O) groups excluding carboxylic acids is 1. The molecule has 4 nitrogen and oxygen atoms in total. The van der Waals surface area contributed by atoms with E-state index in [1.165, 1.54) is 0 Å². The van der Waals surface area contributed by atoms with E-state index in [-0.39, 0.29) is 5.76 Å². The highest BCUT2D eigenvalue weighted by atomic mass is 16.6. The Kier molecular flexibility index (Phi) is 3.15. The molecule has 1 atom stereocenters. The number of furan rings is 1. The van der Waals surface area contributed by atoms with Crippen LogP contribution in [0.2, 0.25) is 0 Å². The number of hydrogen-bond donors (Lipinski definition) is 0. The summed E-state index contributed by atoms with van der Waals surface area (Å²) >= 11 is 0. The minimum Gasteiger partial charge on any atom is -0.464 e. The number of fused-ring (bicyclic) bond motifs is 2. The zero-order chi connectivity index (χ0) is 15.8. The van der Waals surface area contributed by atoms with Crippen molar-refractivity contribution >= 4 is 16.9 Å². The number of esters is 1. The van der Waals surface area contributed by atoms with Gasteiger partial charge in [-0.15, -0.1) is 0 Å². The van der Waals surface area contributed by atoms with Crippen molar-refractivity contribution in [3.63, 3.8) is 0 Å². The summed E-state index contributed by atoms with van der Waals surface area (Å²) < 4.78 is 16.5. The molecule has 0 bridgehead atoms. The monoisotopic (exact) mass is 306 g/mol. The summed E-state index contributed by atoms with van der Waals surface area (Å²) in [6, 6.07) is 16.8. The van der Waals surface area contributed by atoms with Gasteiger partial charge < -0.3 is 13.6 Å². The summed E-state index contributed by atoms with van der Waals surface area (Å²) in [6.07, 6.45) is 1.23. The van der Waals surface area contributed by atoms with Crippen molar-refractivity contribution in [3.8, 4) is 11.3 Å². The Morgan fingerprint density at radius 2 is 1.96 bits per heavy atom. The van der Waals surface area contributed by atoms with Crippen LogP contribution in [-0.4, -0.2) is 5.97 Å². The number of benzene rings is 1. The predicted molar refractivity (Wildman–Crippen MR) is 85.4 cm³/mol. The minimum atomic E-state index is -0.476. The number of rotatable bonds is 3. The Bertz CT molecular complexity index is 884. The first-order chi connectivity index (χ1) is 11.2. The van der Waals surface area contributed by atoms with Crippen molar-refractivity contribution in [2.45, 2.75) is 13.0 Å². The first-order valence-corrected chi connectivity index (χ1v) is 7.37. The van der Waals surface area contributed by atoms with Gasteiger partial charge in [-0.3, -0.25) is 0 Å². The number of ether oxygens (including phenoxy) is 1. The molecule has 4 rings (SSSR count). The summed E-state index contributed by atoms with van der Waals surface area (Å²) in [6.45, 7) is 1.83. The average molecular weight is 306 g/mol. The molecule has 0 N–H and O–H groups in total. The molecule has 4 heteroatoms. The molecular formula is C19H14O4. The van der Waals surface area contributed by atoms with Crippen LogP contribution >= 0.6 is 0 Å². The second kappa shape index (κ2) is 5.32. The van der Waals surface area contributed by atoms with Gasteiger partial charge in [0, 0.05) is 10.9 Å². The van der Waals surface area contributed by atoms with Crippen molar-refractivity contribution in [2.24, 2.45) is 0 Å². The van der Waals surface area contributed by atoms with Gasteiger partial charge in [-0.2, -0.15) is 0 Å². The molecule has 1 unspecified atom stereocenters. The van der Waals surface area contributed by atoms with E-state index in [0.29, 0.717) is 5.58 Å². The fourth-order valence-electron chi connectivity index (χ4n) is 2.62. The topological polar surface area (TPSA) is 52.6 Å². The normalized spacial score (nSPS) is 12.6. The quantitative estimate of drug-likeness (QED) is 0.497. The van der Waals surface area contributed by atoms with E-state index in [9.17, 15) is 4.79 Å². The molecule has 0 amide bonds. The predicted octanol–water partition coefficient (Wildman–Crippen LogP) is 5.05. The maximum atomic E-state index is 12.3. The zero-order valence-electron chi connectivity index (χ0n) is 12.5. The molecule has 1 aromatic carbocycles. The Labute approximate surface area is 132 Å². The van der Waals surface area contributed by atoms with Crippen LogP contribution in [0.5, 0.6) is 0 Å². The lowest BCUT2D eigenvalue weighted by molar-refractivity contribution is 0.0304. The van der Waals surface area contributed by atoms with Crippen molar-refractivity contribution in [1.29, 1.82) is 0 Å². The van der Waals surface area contributed by atoms with Crippen LogP contribution in [0.15, 0.2) is 69.7 Å². The van der Waals surface area contributed by atoms with E-state index < -0.39 is 12.1 Å². The van der Waals surface area contributed by atoms with Crippen molar-refractivity contribution in [1.82, 2.24) is 0 Å². The Hall–Kier alpha value is -3.01. The fraction of sp³-hybridized carbons (Fsp3) is 0.105. The van der Waals surface area contributed by atoms with Crippen LogP contribution in [-0.2, 0) is 4.74 Å². The number of para-hydroxylation sites is 1. The molecule has 0 fully saturated rings. The largest absolute Gasteiger partial charge is 0.464 e. The smallest absolute Gasteiger partial charge is 0.374 e. The number of hydrogen-bond acceptors (Lipinski definition) is 4. The van der Waals surface area contributed by atoms with Gasteiger partial charge in [-0.1, -0.05) is 18.2 Å². The average Bonchev–Trinajstić information content (AvgIpc) is 3.18. The van der Waals surface area contributed by atoms with E-state index in [4.69, 9.17) is 13.6 Å². The summed E-state index contributed by atoms with van der Waals surface area (Å²) in [7, 11) is 0. The van der Waals surface area contributed by atoms with Crippen LogP contribution in [0.4, 0.5) is 0 Å². The first-order valence-electron chi connectivity index (χ1n) is 7.37. The van der Waals surface area contributed by atoms with Gasteiger partial charge in [0.25, 0.3) is 0 Å². The molecule has 23 heavy (non-hydrogen) atoms. The number of carbonyl (C=O) groups is 1. The summed E-state index contributed by atoms with van der Waals surface area (Å²) in [5, 5.41) is 0.880. The Balaban J connectivity index is 1.57.